The topological polar surface area (TPSA) is 90.2 Å². The van der Waals surface area contributed by atoms with Crippen molar-refractivity contribution in [3.8, 4) is 6.07 Å². The summed E-state index contributed by atoms with van der Waals surface area (Å²) in [6.07, 6.45) is 0.302. The molecule has 0 heterocycles. The van der Waals surface area contributed by atoms with Crippen molar-refractivity contribution in [1.29, 1.82) is 5.26 Å². The van der Waals surface area contributed by atoms with Crippen LogP contribution in [0, 0.1) is 16.7 Å². The first kappa shape index (κ1) is 17.9. The standard InChI is InChI=1S/C14H19ClN2O3S/c1-14(2,3)13(6-7-18)17-21(19,20)12-5-4-10(9-16)8-11(12)15/h4-5,8,13,17-18H,6-7H2,1-3H3/t13-/m1/s1. The van der Waals surface area contributed by atoms with E-state index in [1.807, 2.05) is 26.8 Å². The van der Waals surface area contributed by atoms with E-state index in [-0.39, 0.29) is 21.9 Å². The molecule has 0 amide bonds. The molecular formula is C14H19ClN2O3S. The highest BCUT2D eigenvalue weighted by molar-refractivity contribution is 7.89. The number of hydrogen-bond acceptors (Lipinski definition) is 4. The van der Waals surface area contributed by atoms with Gasteiger partial charge in [-0.05, 0) is 30.0 Å². The molecule has 0 aromatic heterocycles. The predicted octanol–water partition coefficient (Wildman–Crippen LogP) is 2.29. The molecule has 2 N–H and O–H groups in total. The van der Waals surface area contributed by atoms with E-state index in [1.54, 1.807) is 0 Å². The lowest BCUT2D eigenvalue weighted by Crippen LogP contribution is -2.44. The average molecular weight is 331 g/mol. The Balaban J connectivity index is 3.14. The smallest absolute Gasteiger partial charge is 0.242 e. The van der Waals surface area contributed by atoms with Crippen LogP contribution in [0.25, 0.3) is 0 Å². The minimum Gasteiger partial charge on any atom is -0.396 e. The normalized spacial score (nSPS) is 13.7. The minimum atomic E-state index is -3.82. The van der Waals surface area contributed by atoms with Gasteiger partial charge in [0.2, 0.25) is 10.0 Å². The second-order valence-electron chi connectivity index (χ2n) is 5.81. The molecule has 0 saturated heterocycles. The van der Waals surface area contributed by atoms with Crippen LogP contribution >= 0.6 is 11.6 Å². The summed E-state index contributed by atoms with van der Waals surface area (Å²) in [6, 6.07) is 5.49. The monoisotopic (exact) mass is 330 g/mol. The summed E-state index contributed by atoms with van der Waals surface area (Å²) < 4.78 is 27.4. The largest absolute Gasteiger partial charge is 0.396 e. The zero-order chi connectivity index (χ0) is 16.3. The second kappa shape index (κ2) is 6.75. The van der Waals surface area contributed by atoms with Crippen molar-refractivity contribution in [3.63, 3.8) is 0 Å². The van der Waals surface area contributed by atoms with E-state index >= 15 is 0 Å². The van der Waals surface area contributed by atoms with Crippen molar-refractivity contribution in [1.82, 2.24) is 4.72 Å². The number of benzene rings is 1. The van der Waals surface area contributed by atoms with Crippen LogP contribution in [-0.2, 0) is 10.0 Å². The van der Waals surface area contributed by atoms with E-state index in [0.717, 1.165) is 0 Å². The third-order valence-electron chi connectivity index (χ3n) is 3.11. The summed E-state index contributed by atoms with van der Waals surface area (Å²) in [7, 11) is -3.82. The SMILES string of the molecule is CC(C)(C)[C@@H](CCO)NS(=O)(=O)c1ccc(C#N)cc1Cl. The number of hydrogen-bond donors (Lipinski definition) is 2. The highest BCUT2D eigenvalue weighted by Gasteiger charge is 2.30. The Morgan fingerprint density at radius 1 is 1.43 bits per heavy atom. The van der Waals surface area contributed by atoms with Gasteiger partial charge in [-0.25, -0.2) is 13.1 Å². The fourth-order valence-electron chi connectivity index (χ4n) is 1.84. The van der Waals surface area contributed by atoms with E-state index < -0.39 is 16.1 Å². The molecule has 0 spiro atoms. The number of nitriles is 1. The van der Waals surface area contributed by atoms with Gasteiger partial charge in [0.15, 0.2) is 0 Å². The van der Waals surface area contributed by atoms with Crippen LogP contribution in [0.5, 0.6) is 0 Å². The van der Waals surface area contributed by atoms with Crippen molar-refractivity contribution < 1.29 is 13.5 Å². The zero-order valence-corrected chi connectivity index (χ0v) is 13.8. The maximum atomic E-state index is 12.4. The van der Waals surface area contributed by atoms with Gasteiger partial charge in [-0.15, -0.1) is 0 Å². The third-order valence-corrected chi connectivity index (χ3v) is 5.07. The van der Waals surface area contributed by atoms with Gasteiger partial charge in [0.1, 0.15) is 4.90 Å². The lowest BCUT2D eigenvalue weighted by molar-refractivity contribution is 0.214. The van der Waals surface area contributed by atoms with Crippen LogP contribution in [0.4, 0.5) is 0 Å². The van der Waals surface area contributed by atoms with Gasteiger partial charge in [-0.2, -0.15) is 5.26 Å². The van der Waals surface area contributed by atoms with Gasteiger partial charge >= 0.3 is 0 Å². The van der Waals surface area contributed by atoms with E-state index in [0.29, 0.717) is 12.0 Å². The predicted molar refractivity (Wildman–Crippen MR) is 81.4 cm³/mol. The fraction of sp³-hybridized carbons (Fsp3) is 0.500. The number of nitrogens with zero attached hydrogens (tertiary/aromatic N) is 1. The zero-order valence-electron chi connectivity index (χ0n) is 12.2. The molecule has 1 atom stereocenters. The maximum absolute atomic E-state index is 12.4. The Kier molecular flexibility index (Phi) is 5.76. The Labute approximate surface area is 130 Å². The lowest BCUT2D eigenvalue weighted by Gasteiger charge is -2.31. The van der Waals surface area contributed by atoms with Crippen LogP contribution in [0.2, 0.25) is 5.02 Å². The first-order valence-electron chi connectivity index (χ1n) is 6.44. The number of sulfonamides is 1. The lowest BCUT2D eigenvalue weighted by atomic mass is 9.86. The molecule has 1 aromatic carbocycles. The van der Waals surface area contributed by atoms with E-state index in [9.17, 15) is 8.42 Å². The molecule has 0 unspecified atom stereocenters. The van der Waals surface area contributed by atoms with Crippen LogP contribution in [0.1, 0.15) is 32.8 Å². The van der Waals surface area contributed by atoms with Crippen molar-refractivity contribution in [2.75, 3.05) is 6.61 Å². The summed E-state index contributed by atoms with van der Waals surface area (Å²) in [5.41, 5.74) is -0.0591. The van der Waals surface area contributed by atoms with Gasteiger partial charge in [0.05, 0.1) is 16.7 Å². The summed E-state index contributed by atoms with van der Waals surface area (Å²) in [4.78, 5) is -0.0737. The summed E-state index contributed by atoms with van der Waals surface area (Å²) in [5, 5.41) is 17.9. The average Bonchev–Trinajstić information content (AvgIpc) is 2.36. The maximum Gasteiger partial charge on any atom is 0.242 e. The van der Waals surface area contributed by atoms with E-state index in [2.05, 4.69) is 4.72 Å². The number of rotatable bonds is 5. The molecule has 0 saturated carbocycles. The van der Waals surface area contributed by atoms with Crippen LogP contribution in [-0.4, -0.2) is 26.2 Å². The molecule has 7 heteroatoms. The molecule has 1 rings (SSSR count). The van der Waals surface area contributed by atoms with E-state index in [1.165, 1.54) is 18.2 Å². The number of halogens is 1. The van der Waals surface area contributed by atoms with Gasteiger partial charge < -0.3 is 5.11 Å². The van der Waals surface area contributed by atoms with Crippen LogP contribution < -0.4 is 4.72 Å². The molecular weight excluding hydrogens is 312 g/mol. The summed E-state index contributed by atoms with van der Waals surface area (Å²) in [5.74, 6) is 0. The number of aliphatic hydroxyl groups excluding tert-OH is 1. The summed E-state index contributed by atoms with van der Waals surface area (Å²) in [6.45, 7) is 5.54. The van der Waals surface area contributed by atoms with Gasteiger partial charge in [-0.1, -0.05) is 32.4 Å². The Morgan fingerprint density at radius 3 is 2.48 bits per heavy atom. The number of nitrogens with one attached hydrogen (secondary N) is 1. The molecule has 0 fully saturated rings. The molecule has 0 bridgehead atoms. The van der Waals surface area contributed by atoms with Crippen LogP contribution in [0.3, 0.4) is 0 Å². The molecule has 21 heavy (non-hydrogen) atoms. The number of aliphatic hydroxyl groups is 1. The third kappa shape index (κ3) is 4.68. The Bertz CT molecular complexity index is 645. The Morgan fingerprint density at radius 2 is 2.05 bits per heavy atom. The van der Waals surface area contributed by atoms with Crippen molar-refractivity contribution in [3.05, 3.63) is 28.8 Å². The molecule has 1 aromatic rings. The summed E-state index contributed by atoms with van der Waals surface area (Å²) >= 11 is 5.95. The van der Waals surface area contributed by atoms with Crippen molar-refractivity contribution >= 4 is 21.6 Å². The Hall–Kier alpha value is -1.13. The van der Waals surface area contributed by atoms with Crippen molar-refractivity contribution in [2.45, 2.75) is 38.1 Å². The molecule has 0 aliphatic heterocycles. The van der Waals surface area contributed by atoms with Gasteiger partial charge in [-0.3, -0.25) is 0 Å². The van der Waals surface area contributed by atoms with E-state index in [4.69, 9.17) is 22.0 Å². The van der Waals surface area contributed by atoms with Crippen molar-refractivity contribution in [2.24, 2.45) is 5.41 Å². The second-order valence-corrected chi connectivity index (χ2v) is 7.90. The first-order valence-corrected chi connectivity index (χ1v) is 8.31. The molecule has 116 valence electrons. The first-order chi connectivity index (χ1) is 9.61. The highest BCUT2D eigenvalue weighted by Crippen LogP contribution is 2.27. The minimum absolute atomic E-state index is 0.00166. The molecule has 0 aliphatic carbocycles. The van der Waals surface area contributed by atoms with Gasteiger partial charge in [0.25, 0.3) is 0 Å². The molecule has 0 aliphatic rings. The fourth-order valence-corrected chi connectivity index (χ4v) is 3.86. The molecule has 0 radical (unpaired) electrons. The quantitative estimate of drug-likeness (QED) is 0.866. The van der Waals surface area contributed by atoms with Crippen LogP contribution in [0.15, 0.2) is 23.1 Å². The van der Waals surface area contributed by atoms with Gasteiger partial charge in [0, 0.05) is 12.6 Å². The molecule has 5 nitrogen and oxygen atoms in total. The highest BCUT2D eigenvalue weighted by atomic mass is 35.5.